The van der Waals surface area contributed by atoms with Crippen molar-refractivity contribution in [3.05, 3.63) is 35.9 Å². The average Bonchev–Trinajstić information content (AvgIpc) is 2.62. The highest BCUT2D eigenvalue weighted by Crippen LogP contribution is 2.10. The topological polar surface area (TPSA) is 81.9 Å². The Morgan fingerprint density at radius 1 is 1.20 bits per heavy atom. The van der Waals surface area contributed by atoms with Crippen LogP contribution in [0, 0.1) is 5.92 Å². The minimum absolute atomic E-state index is 0.0387. The number of nitrogens with two attached hydrogens (primary N) is 1. The van der Waals surface area contributed by atoms with Gasteiger partial charge in [-0.3, -0.25) is 4.79 Å². The fourth-order valence-electron chi connectivity index (χ4n) is 2.31. The summed E-state index contributed by atoms with van der Waals surface area (Å²) < 4.78 is 10.4. The lowest BCUT2D eigenvalue weighted by atomic mass is 10.00. The molecule has 0 aliphatic carbocycles. The first-order chi connectivity index (χ1) is 11.9. The summed E-state index contributed by atoms with van der Waals surface area (Å²) in [6, 6.07) is 8.84. The number of methoxy groups -OCH3 is 1. The Bertz CT molecular complexity index is 533. The SMILES string of the molecule is COC(=O)[C@H](COCc1ccccc1)N(C)C(=O)CC[C@H](N)C(C)C. The van der Waals surface area contributed by atoms with Crippen LogP contribution in [0.4, 0.5) is 0 Å². The van der Waals surface area contributed by atoms with E-state index in [1.165, 1.54) is 12.0 Å². The number of hydrogen-bond donors (Lipinski definition) is 1. The summed E-state index contributed by atoms with van der Waals surface area (Å²) in [5, 5.41) is 0. The zero-order valence-corrected chi connectivity index (χ0v) is 15.6. The smallest absolute Gasteiger partial charge is 0.330 e. The second-order valence-electron chi connectivity index (χ2n) is 6.49. The Hall–Kier alpha value is -1.92. The minimum atomic E-state index is -0.767. The molecule has 1 rings (SSSR count). The maximum Gasteiger partial charge on any atom is 0.330 e. The zero-order chi connectivity index (χ0) is 18.8. The Balaban J connectivity index is 2.57. The van der Waals surface area contributed by atoms with Gasteiger partial charge < -0.3 is 20.1 Å². The van der Waals surface area contributed by atoms with Crippen molar-refractivity contribution >= 4 is 11.9 Å². The van der Waals surface area contributed by atoms with E-state index in [2.05, 4.69) is 0 Å². The molecule has 0 spiro atoms. The van der Waals surface area contributed by atoms with E-state index in [0.29, 0.717) is 25.4 Å². The number of carbonyl (C=O) groups is 2. The van der Waals surface area contributed by atoms with Crippen LogP contribution in [-0.4, -0.2) is 49.6 Å². The van der Waals surface area contributed by atoms with Crippen molar-refractivity contribution in [1.29, 1.82) is 0 Å². The van der Waals surface area contributed by atoms with E-state index < -0.39 is 12.0 Å². The highest BCUT2D eigenvalue weighted by atomic mass is 16.5. The molecular formula is C19H30N2O4. The number of hydrogen-bond acceptors (Lipinski definition) is 5. The van der Waals surface area contributed by atoms with Gasteiger partial charge in [0.1, 0.15) is 0 Å². The number of likely N-dealkylation sites (N-methyl/N-ethyl adjacent to an activating group) is 1. The van der Waals surface area contributed by atoms with Crippen LogP contribution in [0.5, 0.6) is 0 Å². The molecular weight excluding hydrogens is 320 g/mol. The van der Waals surface area contributed by atoms with Gasteiger partial charge in [-0.05, 0) is 17.9 Å². The molecule has 6 heteroatoms. The Kier molecular flexibility index (Phi) is 9.16. The molecule has 0 saturated carbocycles. The molecule has 6 nitrogen and oxygen atoms in total. The third kappa shape index (κ3) is 7.23. The predicted molar refractivity (Wildman–Crippen MR) is 96.7 cm³/mol. The van der Waals surface area contributed by atoms with Gasteiger partial charge in [0.2, 0.25) is 5.91 Å². The summed E-state index contributed by atoms with van der Waals surface area (Å²) in [4.78, 5) is 25.8. The number of ether oxygens (including phenoxy) is 2. The quantitative estimate of drug-likeness (QED) is 0.653. The minimum Gasteiger partial charge on any atom is -0.467 e. The van der Waals surface area contributed by atoms with Crippen LogP contribution in [0.15, 0.2) is 30.3 Å². The fourth-order valence-corrected chi connectivity index (χ4v) is 2.31. The molecule has 25 heavy (non-hydrogen) atoms. The summed E-state index contributed by atoms with van der Waals surface area (Å²) in [6.45, 7) is 4.50. The van der Waals surface area contributed by atoms with Gasteiger partial charge in [0.05, 0.1) is 20.3 Å². The van der Waals surface area contributed by atoms with Crippen LogP contribution in [0.25, 0.3) is 0 Å². The zero-order valence-electron chi connectivity index (χ0n) is 15.6. The van der Waals surface area contributed by atoms with Crippen molar-refractivity contribution in [3.8, 4) is 0 Å². The molecule has 0 unspecified atom stereocenters. The summed E-state index contributed by atoms with van der Waals surface area (Å²) in [5.41, 5.74) is 6.99. The molecule has 2 atom stereocenters. The van der Waals surface area contributed by atoms with Crippen molar-refractivity contribution in [3.63, 3.8) is 0 Å². The highest BCUT2D eigenvalue weighted by Gasteiger charge is 2.28. The van der Waals surface area contributed by atoms with Gasteiger partial charge in [0.15, 0.2) is 6.04 Å². The molecule has 1 aromatic rings. The highest BCUT2D eigenvalue weighted by molar-refractivity contribution is 5.84. The summed E-state index contributed by atoms with van der Waals surface area (Å²) in [5.74, 6) is -0.324. The second-order valence-corrected chi connectivity index (χ2v) is 6.49. The van der Waals surface area contributed by atoms with Crippen molar-refractivity contribution in [2.24, 2.45) is 11.7 Å². The summed E-state index contributed by atoms with van der Waals surface area (Å²) >= 11 is 0. The number of amides is 1. The Labute approximate surface area is 150 Å². The van der Waals surface area contributed by atoms with E-state index in [1.807, 2.05) is 44.2 Å². The van der Waals surface area contributed by atoms with Crippen molar-refractivity contribution in [2.45, 2.75) is 45.4 Å². The van der Waals surface area contributed by atoms with Crippen molar-refractivity contribution < 1.29 is 19.1 Å². The number of nitrogens with zero attached hydrogens (tertiary/aromatic N) is 1. The first-order valence-electron chi connectivity index (χ1n) is 8.57. The van der Waals surface area contributed by atoms with Crippen LogP contribution >= 0.6 is 0 Å². The molecule has 0 heterocycles. The van der Waals surface area contributed by atoms with E-state index >= 15 is 0 Å². The molecule has 0 radical (unpaired) electrons. The van der Waals surface area contributed by atoms with Gasteiger partial charge in [0, 0.05) is 19.5 Å². The van der Waals surface area contributed by atoms with Gasteiger partial charge in [-0.2, -0.15) is 0 Å². The first kappa shape index (κ1) is 21.1. The normalized spacial score (nSPS) is 13.4. The average molecular weight is 350 g/mol. The molecule has 140 valence electrons. The molecule has 0 saturated heterocycles. The monoisotopic (exact) mass is 350 g/mol. The third-order valence-electron chi connectivity index (χ3n) is 4.27. The Morgan fingerprint density at radius 3 is 2.40 bits per heavy atom. The van der Waals surface area contributed by atoms with E-state index in [9.17, 15) is 9.59 Å². The summed E-state index contributed by atoms with van der Waals surface area (Å²) in [7, 11) is 2.90. The standard InChI is InChI=1S/C19H30N2O4/c1-14(2)16(20)10-11-18(22)21(3)17(19(23)24-4)13-25-12-15-8-6-5-7-9-15/h5-9,14,16-17H,10-13,20H2,1-4H3/t16-,17-/m0/s1. The van der Waals surface area contributed by atoms with Gasteiger partial charge >= 0.3 is 5.97 Å². The van der Waals surface area contributed by atoms with E-state index in [4.69, 9.17) is 15.2 Å². The molecule has 1 aromatic carbocycles. The van der Waals surface area contributed by atoms with Crippen LogP contribution in [0.3, 0.4) is 0 Å². The maximum absolute atomic E-state index is 12.4. The lowest BCUT2D eigenvalue weighted by molar-refractivity contribution is -0.154. The van der Waals surface area contributed by atoms with E-state index in [1.54, 1.807) is 7.05 Å². The largest absolute Gasteiger partial charge is 0.467 e. The lowest BCUT2D eigenvalue weighted by Crippen LogP contribution is -2.46. The molecule has 0 aromatic heterocycles. The maximum atomic E-state index is 12.4. The van der Waals surface area contributed by atoms with Gasteiger partial charge in [0.25, 0.3) is 0 Å². The van der Waals surface area contributed by atoms with E-state index in [-0.39, 0.29) is 18.6 Å². The van der Waals surface area contributed by atoms with Gasteiger partial charge in [-0.25, -0.2) is 4.79 Å². The number of esters is 1. The second kappa shape index (κ2) is 10.8. The molecule has 0 aliphatic rings. The summed E-state index contributed by atoms with van der Waals surface area (Å²) in [6.07, 6.45) is 0.877. The Morgan fingerprint density at radius 2 is 1.84 bits per heavy atom. The van der Waals surface area contributed by atoms with Crippen LogP contribution in [0.2, 0.25) is 0 Å². The van der Waals surface area contributed by atoms with E-state index in [0.717, 1.165) is 5.56 Å². The van der Waals surface area contributed by atoms with Crippen molar-refractivity contribution in [1.82, 2.24) is 4.90 Å². The lowest BCUT2D eigenvalue weighted by Gasteiger charge is -2.26. The van der Waals surface area contributed by atoms with Crippen LogP contribution in [0.1, 0.15) is 32.3 Å². The predicted octanol–water partition coefficient (Wildman–Crippen LogP) is 1.97. The molecule has 2 N–H and O–H groups in total. The third-order valence-corrected chi connectivity index (χ3v) is 4.27. The number of benzene rings is 1. The fraction of sp³-hybridized carbons (Fsp3) is 0.579. The first-order valence-corrected chi connectivity index (χ1v) is 8.57. The van der Waals surface area contributed by atoms with Crippen molar-refractivity contribution in [2.75, 3.05) is 20.8 Å². The molecule has 0 aliphatic heterocycles. The van der Waals surface area contributed by atoms with Gasteiger partial charge in [-0.15, -0.1) is 0 Å². The van der Waals surface area contributed by atoms with Crippen LogP contribution < -0.4 is 5.73 Å². The van der Waals surface area contributed by atoms with Crippen LogP contribution in [-0.2, 0) is 25.7 Å². The number of rotatable bonds is 10. The molecule has 0 fully saturated rings. The molecule has 1 amide bonds. The molecule has 0 bridgehead atoms. The van der Waals surface area contributed by atoms with Gasteiger partial charge in [-0.1, -0.05) is 44.2 Å². The number of carbonyl (C=O) groups excluding carboxylic acids is 2.